The number of carbonyl (C=O) groups excluding carboxylic acids is 6. The molecule has 35 nitrogen and oxygen atoms in total. The molecule has 0 spiro atoms. The van der Waals surface area contributed by atoms with Crippen LogP contribution in [-0.4, -0.2) is 303 Å². The van der Waals surface area contributed by atoms with Crippen molar-refractivity contribution in [3.63, 3.8) is 0 Å². The minimum atomic E-state index is -4.12. The van der Waals surface area contributed by atoms with Gasteiger partial charge in [0.2, 0.25) is 35.4 Å². The minimum Gasteiger partial charge on any atom is -0.396 e. The molecule has 0 aromatic carbocycles. The highest BCUT2D eigenvalue weighted by atomic mass is 31.2. The third-order valence-corrected chi connectivity index (χ3v) is 18.7. The highest BCUT2D eigenvalue weighted by Gasteiger charge is 2.45. The Labute approximate surface area is 592 Å². The maximum absolute atomic E-state index is 14.3. The molecule has 0 bridgehead atoms. The Hall–Kier alpha value is -3.83. The molecule has 3 saturated heterocycles. The molecule has 3 fully saturated rings. The van der Waals surface area contributed by atoms with E-state index >= 15 is 0 Å². The molecule has 0 saturated carbocycles. The summed E-state index contributed by atoms with van der Waals surface area (Å²) in [6.45, 7) is 2.60. The zero-order valence-corrected chi connectivity index (χ0v) is 60.2. The first kappa shape index (κ1) is 91.4. The molecule has 17 unspecified atom stereocenters. The van der Waals surface area contributed by atoms with Crippen molar-refractivity contribution >= 4 is 43.3 Å². The van der Waals surface area contributed by atoms with E-state index in [1.54, 1.807) is 20.8 Å². The predicted octanol–water partition coefficient (Wildman–Crippen LogP) is -2.47. The lowest BCUT2D eigenvalue weighted by Crippen LogP contribution is -2.55. The van der Waals surface area contributed by atoms with Gasteiger partial charge in [0.05, 0.1) is 84.4 Å². The maximum Gasteiger partial charge on any atom is 0.471 e. The molecule has 101 heavy (non-hydrogen) atoms. The summed E-state index contributed by atoms with van der Waals surface area (Å²) in [5.41, 5.74) is 0. The molecule has 0 aromatic heterocycles. The van der Waals surface area contributed by atoms with Gasteiger partial charge in [0.25, 0.3) is 0 Å². The number of rotatable bonds is 57. The summed E-state index contributed by atoms with van der Waals surface area (Å²) >= 11 is 0. The van der Waals surface area contributed by atoms with Crippen molar-refractivity contribution in [3.8, 4) is 0 Å². The number of phosphoric ester groups is 1. The second-order valence-corrected chi connectivity index (χ2v) is 27.5. The van der Waals surface area contributed by atoms with Gasteiger partial charge in [0.15, 0.2) is 18.9 Å². The fourth-order valence-electron chi connectivity index (χ4n) is 11.3. The van der Waals surface area contributed by atoms with Crippen molar-refractivity contribution in [2.45, 2.75) is 229 Å². The lowest BCUT2D eigenvalue weighted by Gasteiger charge is -2.40. The highest BCUT2D eigenvalue weighted by Crippen LogP contribution is 2.42. The number of hydrogen-bond donors (Lipinski definition) is 17. The number of carbonyl (C=O) groups is 6. The molecule has 19 atom stereocenters. The number of hydrogen-bond acceptors (Lipinski definition) is 28. The Morgan fingerprint density at radius 1 is 0.426 bits per heavy atom. The van der Waals surface area contributed by atoms with Gasteiger partial charge in [-0.15, -0.1) is 0 Å². The number of aliphatic hydroxyl groups excluding tert-OH is 10. The topological polar surface area (TPSA) is 516 Å². The van der Waals surface area contributed by atoms with E-state index in [9.17, 15) is 89.3 Å². The van der Waals surface area contributed by atoms with Crippen LogP contribution in [0.15, 0.2) is 0 Å². The smallest absolute Gasteiger partial charge is 0.396 e. The van der Waals surface area contributed by atoms with Crippen molar-refractivity contribution in [2.24, 2.45) is 23.7 Å². The Balaban J connectivity index is 1.53. The van der Waals surface area contributed by atoms with Gasteiger partial charge in [-0.1, -0.05) is 72.1 Å². The molecule has 36 heteroatoms. The van der Waals surface area contributed by atoms with Crippen molar-refractivity contribution in [1.82, 2.24) is 31.9 Å². The molecule has 3 aliphatic rings. The lowest BCUT2D eigenvalue weighted by molar-refractivity contribution is -0.284. The van der Waals surface area contributed by atoms with Crippen LogP contribution in [0.5, 0.6) is 0 Å². The number of amides is 6. The van der Waals surface area contributed by atoms with Crippen LogP contribution in [0, 0.1) is 23.7 Å². The number of ether oxygens (including phenoxy) is 9. The van der Waals surface area contributed by atoms with E-state index in [1.807, 2.05) is 0 Å². The summed E-state index contributed by atoms with van der Waals surface area (Å²) in [4.78, 5) is 88.8. The van der Waals surface area contributed by atoms with Crippen molar-refractivity contribution in [1.29, 1.82) is 0 Å². The summed E-state index contributed by atoms with van der Waals surface area (Å²) in [5, 5.41) is 116. The number of aliphatic hydroxyl groups is 10. The van der Waals surface area contributed by atoms with Gasteiger partial charge in [-0.2, -0.15) is 0 Å². The summed E-state index contributed by atoms with van der Waals surface area (Å²) in [5.74, 6) is -4.94. The molecule has 3 rings (SSSR count). The largest absolute Gasteiger partial charge is 0.471 e. The fraction of sp³-hybridized carbons (Fsp3) is 0.908. The van der Waals surface area contributed by atoms with Crippen LogP contribution in [0.3, 0.4) is 0 Å². The zero-order chi connectivity index (χ0) is 74.5. The quantitative estimate of drug-likeness (QED) is 0.0222. The monoisotopic (exact) mass is 1480 g/mol. The van der Waals surface area contributed by atoms with Crippen LogP contribution in [-0.2, 0) is 85.0 Å². The highest BCUT2D eigenvalue weighted by molar-refractivity contribution is 7.47. The van der Waals surface area contributed by atoms with Gasteiger partial charge in [-0.3, -0.25) is 37.8 Å². The van der Waals surface area contributed by atoms with Gasteiger partial charge < -0.3 is 130 Å². The number of phosphoric acid groups is 1. The molecule has 0 aliphatic carbocycles. The third-order valence-electron chi connectivity index (χ3n) is 17.8. The number of nitrogens with one attached hydrogen (secondary N) is 6. The summed E-state index contributed by atoms with van der Waals surface area (Å²) in [6.07, 6.45) is -1.50. The van der Waals surface area contributed by atoms with Crippen molar-refractivity contribution < 1.29 is 141 Å². The summed E-state index contributed by atoms with van der Waals surface area (Å²) in [6, 6.07) is -2.26. The Morgan fingerprint density at radius 2 is 0.782 bits per heavy atom. The third kappa shape index (κ3) is 36.8. The molecule has 17 N–H and O–H groups in total. The van der Waals surface area contributed by atoms with Crippen LogP contribution in [0.1, 0.15) is 143 Å². The van der Waals surface area contributed by atoms with Gasteiger partial charge in [-0.05, 0) is 64.2 Å². The van der Waals surface area contributed by atoms with E-state index in [0.717, 1.165) is 58.5 Å². The Kier molecular flexibility index (Phi) is 48.0. The first-order valence-corrected chi connectivity index (χ1v) is 37.2. The van der Waals surface area contributed by atoms with Crippen molar-refractivity contribution in [3.05, 3.63) is 0 Å². The van der Waals surface area contributed by atoms with Crippen LogP contribution in [0.2, 0.25) is 0 Å². The average molecular weight is 1480 g/mol. The Morgan fingerprint density at radius 3 is 1.19 bits per heavy atom. The van der Waals surface area contributed by atoms with Crippen LogP contribution < -0.4 is 31.9 Å². The Bertz CT molecular complexity index is 2330. The second kappa shape index (κ2) is 53.0. The molecular weight excluding hydrogens is 1360 g/mol. The van der Waals surface area contributed by atoms with E-state index < -0.39 is 167 Å². The maximum atomic E-state index is 14.3. The first-order valence-electron chi connectivity index (χ1n) is 35.7. The SMILES string of the molecule is COP(=O)(O)OCC(CO)CCCCNC(=O)CCCCCCCCCCCNC(=O)[C@H](CCCCNC(=O)COCCOC1OC(CO)C(O)C(O)C1C)NC(=O)[C@H](CCCCNC(=O)COCCOC1OC(CO)C(O)C(O)C1C)NC(=O)COCCOC1OC(CO)C(O)C(O)C1C. The van der Waals surface area contributed by atoms with Gasteiger partial charge in [0.1, 0.15) is 68.5 Å². The zero-order valence-electron chi connectivity index (χ0n) is 59.3. The molecule has 6 amide bonds. The fourth-order valence-corrected chi connectivity index (χ4v) is 11.8. The van der Waals surface area contributed by atoms with Gasteiger partial charge in [0, 0.05) is 70.0 Å². The molecule has 0 radical (unpaired) electrons. The van der Waals surface area contributed by atoms with Crippen LogP contribution in [0.25, 0.3) is 0 Å². The number of unbranched alkanes of at least 4 members (excludes halogenated alkanes) is 11. The molecule has 3 heterocycles. The van der Waals surface area contributed by atoms with Crippen molar-refractivity contribution in [2.75, 3.05) is 126 Å². The standard InChI is InChI=1S/C65H121N6O29P/c1-42-55(80)58(83)48(35-73)98-63(42)94-31-28-91-39-52(77)67-25-18-14-21-46(61(86)69-27-16-11-9-7-5-6-8-10-12-23-51(76)66-24-17-13-20-45(34-72)38-97-101(88,89)90-4)71-62(87)47(70-54(79)41-93-30-33-96-65-44(3)57(82)60(85)50(37-75)100-65)22-15-19-26-68-53(78)40-92-29-32-95-64-43(2)56(81)59(84)49(36-74)99-64/h42-50,55-60,63-65,72-75,80-85H,5-41H2,1-4H3,(H,66,76)(H,67,77)(H,68,78)(H,69,86)(H,70,79)(H,71,87)(H,88,89)/t42?,43?,44?,45?,46-,47-,48?,49?,50?,55?,56?,57?,58?,59?,60?,63?,64?,65?/m0/s1. The minimum absolute atomic E-state index is 0.0112. The lowest BCUT2D eigenvalue weighted by atomic mass is 9.92. The van der Waals surface area contributed by atoms with Crippen LogP contribution >= 0.6 is 7.82 Å². The predicted molar refractivity (Wildman–Crippen MR) is 358 cm³/mol. The van der Waals surface area contributed by atoms with E-state index in [2.05, 4.69) is 36.4 Å². The molecule has 3 aliphatic heterocycles. The molecular formula is C65H121N6O29P. The van der Waals surface area contributed by atoms with Crippen LogP contribution in [0.4, 0.5) is 0 Å². The first-order chi connectivity index (χ1) is 48.4. The van der Waals surface area contributed by atoms with E-state index in [-0.39, 0.29) is 104 Å². The summed E-state index contributed by atoms with van der Waals surface area (Å²) in [7, 11) is -3.06. The second-order valence-electron chi connectivity index (χ2n) is 25.9. The molecule has 590 valence electrons. The summed E-state index contributed by atoms with van der Waals surface area (Å²) < 4.78 is 70.8. The van der Waals surface area contributed by atoms with Gasteiger partial charge >= 0.3 is 7.82 Å². The van der Waals surface area contributed by atoms with Gasteiger partial charge in [-0.25, -0.2) is 4.57 Å². The van der Waals surface area contributed by atoms with E-state index in [4.69, 9.17) is 47.2 Å². The van der Waals surface area contributed by atoms with E-state index in [1.165, 1.54) is 0 Å². The normalized spacial score (nSPS) is 26.8. The molecule has 0 aromatic rings. The average Bonchev–Trinajstić information content (AvgIpc) is 0.836. The van der Waals surface area contributed by atoms with E-state index in [0.29, 0.717) is 70.9 Å².